The average molecular weight is 290 g/mol. The van der Waals surface area contributed by atoms with Crippen LogP contribution in [0.3, 0.4) is 0 Å². The summed E-state index contributed by atoms with van der Waals surface area (Å²) in [6.45, 7) is 5.04. The molecule has 1 amide bonds. The van der Waals surface area contributed by atoms with Gasteiger partial charge in [-0.1, -0.05) is 12.1 Å². The lowest BCUT2D eigenvalue weighted by Gasteiger charge is -2.24. The Hall–Kier alpha value is -1.76. The van der Waals surface area contributed by atoms with E-state index in [1.807, 2.05) is 0 Å². The molecule has 0 saturated heterocycles. The number of rotatable bonds is 2. The Balaban J connectivity index is 2.67. The van der Waals surface area contributed by atoms with Crippen molar-refractivity contribution < 1.29 is 22.7 Å². The number of nitrogens with zero attached hydrogens (tertiary/aromatic N) is 1. The van der Waals surface area contributed by atoms with Gasteiger partial charge in [-0.05, 0) is 38.5 Å². The molecule has 0 bridgehead atoms. The first-order valence-corrected chi connectivity index (χ1v) is 5.90. The number of nitrogens with two attached hydrogens (primary N) is 1. The first kappa shape index (κ1) is 16.3. The van der Waals surface area contributed by atoms with Crippen molar-refractivity contribution in [1.29, 1.82) is 0 Å². The Kier molecular flexibility index (Phi) is 4.65. The van der Waals surface area contributed by atoms with Crippen LogP contribution in [0.15, 0.2) is 24.3 Å². The summed E-state index contributed by atoms with van der Waals surface area (Å²) < 4.78 is 42.2. The molecule has 0 spiro atoms. The number of hydrogen-bond acceptors (Lipinski definition) is 3. The van der Waals surface area contributed by atoms with Crippen LogP contribution in [-0.4, -0.2) is 16.7 Å². The summed E-state index contributed by atoms with van der Waals surface area (Å²) in [4.78, 5) is 11.6. The van der Waals surface area contributed by atoms with Crippen LogP contribution >= 0.6 is 0 Å². The summed E-state index contributed by atoms with van der Waals surface area (Å²) in [5.74, 6) is 5.52. The lowest BCUT2D eigenvalue weighted by Crippen LogP contribution is -2.40. The lowest BCUT2D eigenvalue weighted by molar-refractivity contribution is -0.137. The van der Waals surface area contributed by atoms with Gasteiger partial charge in [-0.25, -0.2) is 15.6 Å². The zero-order chi connectivity index (χ0) is 15.6. The SMILES string of the molecule is CC(C)(C)OC(=O)N(N)Cc1ccc(C(F)(F)F)cc1. The molecule has 2 N–H and O–H groups in total. The monoisotopic (exact) mass is 290 g/mol. The molecule has 1 aromatic carbocycles. The molecule has 0 heterocycles. The first-order valence-electron chi connectivity index (χ1n) is 5.90. The zero-order valence-corrected chi connectivity index (χ0v) is 11.5. The van der Waals surface area contributed by atoms with E-state index in [0.717, 1.165) is 17.1 Å². The Morgan fingerprint density at radius 1 is 1.20 bits per heavy atom. The van der Waals surface area contributed by atoms with E-state index in [-0.39, 0.29) is 6.54 Å². The third kappa shape index (κ3) is 5.08. The van der Waals surface area contributed by atoms with E-state index in [9.17, 15) is 18.0 Å². The highest BCUT2D eigenvalue weighted by Crippen LogP contribution is 2.29. The van der Waals surface area contributed by atoms with E-state index in [2.05, 4.69) is 0 Å². The maximum atomic E-state index is 12.4. The Labute approximate surface area is 115 Å². The van der Waals surface area contributed by atoms with Crippen molar-refractivity contribution in [1.82, 2.24) is 5.01 Å². The van der Waals surface area contributed by atoms with E-state index in [0.29, 0.717) is 5.56 Å². The number of hydrazine groups is 1. The second-order valence-corrected chi connectivity index (χ2v) is 5.30. The summed E-state index contributed by atoms with van der Waals surface area (Å²) in [6, 6.07) is 4.43. The predicted molar refractivity (Wildman–Crippen MR) is 67.4 cm³/mol. The number of ether oxygens (including phenoxy) is 1. The fraction of sp³-hybridized carbons (Fsp3) is 0.462. The first-order chi connectivity index (χ1) is 8.99. The van der Waals surface area contributed by atoms with E-state index < -0.39 is 23.4 Å². The molecule has 0 fully saturated rings. The summed E-state index contributed by atoms with van der Waals surface area (Å²) in [7, 11) is 0. The third-order valence-corrected chi connectivity index (χ3v) is 2.26. The van der Waals surface area contributed by atoms with Crippen LogP contribution in [-0.2, 0) is 17.5 Å². The van der Waals surface area contributed by atoms with E-state index in [1.54, 1.807) is 20.8 Å². The number of carbonyl (C=O) groups excluding carboxylic acids is 1. The fourth-order valence-electron chi connectivity index (χ4n) is 1.38. The Morgan fingerprint density at radius 2 is 1.70 bits per heavy atom. The minimum Gasteiger partial charge on any atom is -0.443 e. The standard InChI is InChI=1S/C13H17F3N2O2/c1-12(2,3)20-11(19)18(17)8-9-4-6-10(7-5-9)13(14,15)16/h4-7H,8,17H2,1-3H3. The maximum absolute atomic E-state index is 12.4. The molecular formula is C13H17F3N2O2. The van der Waals surface area contributed by atoms with Crippen molar-refractivity contribution in [2.24, 2.45) is 5.84 Å². The van der Waals surface area contributed by atoms with Gasteiger partial charge in [0.15, 0.2) is 0 Å². The van der Waals surface area contributed by atoms with E-state index in [1.165, 1.54) is 12.1 Å². The molecule has 0 aliphatic rings. The van der Waals surface area contributed by atoms with Crippen LogP contribution in [0.25, 0.3) is 0 Å². The third-order valence-electron chi connectivity index (χ3n) is 2.26. The van der Waals surface area contributed by atoms with Crippen LogP contribution < -0.4 is 5.84 Å². The van der Waals surface area contributed by atoms with Crippen molar-refractivity contribution in [3.8, 4) is 0 Å². The van der Waals surface area contributed by atoms with E-state index >= 15 is 0 Å². The van der Waals surface area contributed by atoms with Gasteiger partial charge in [0.05, 0.1) is 12.1 Å². The quantitative estimate of drug-likeness (QED) is 0.516. The summed E-state index contributed by atoms with van der Waals surface area (Å²) in [5.41, 5.74) is -0.956. The second kappa shape index (κ2) is 5.70. The van der Waals surface area contributed by atoms with Crippen LogP contribution in [0, 0.1) is 0 Å². The average Bonchev–Trinajstić information content (AvgIpc) is 2.26. The minimum atomic E-state index is -4.38. The molecule has 112 valence electrons. The van der Waals surface area contributed by atoms with Crippen molar-refractivity contribution >= 4 is 6.09 Å². The van der Waals surface area contributed by atoms with Gasteiger partial charge in [0.25, 0.3) is 0 Å². The number of benzene rings is 1. The minimum absolute atomic E-state index is 0.0347. The van der Waals surface area contributed by atoms with Gasteiger partial charge in [-0.15, -0.1) is 0 Å². The topological polar surface area (TPSA) is 55.6 Å². The van der Waals surface area contributed by atoms with Gasteiger partial charge >= 0.3 is 12.3 Å². The lowest BCUT2D eigenvalue weighted by atomic mass is 10.1. The predicted octanol–water partition coefficient (Wildman–Crippen LogP) is 3.32. The highest BCUT2D eigenvalue weighted by Gasteiger charge is 2.30. The van der Waals surface area contributed by atoms with Crippen LogP contribution in [0.1, 0.15) is 31.9 Å². The fourth-order valence-corrected chi connectivity index (χ4v) is 1.38. The van der Waals surface area contributed by atoms with E-state index in [4.69, 9.17) is 10.6 Å². The normalized spacial score (nSPS) is 12.2. The molecule has 20 heavy (non-hydrogen) atoms. The molecular weight excluding hydrogens is 273 g/mol. The molecule has 0 unspecified atom stereocenters. The molecule has 0 aromatic heterocycles. The number of alkyl halides is 3. The van der Waals surface area contributed by atoms with Gasteiger partial charge in [0, 0.05) is 0 Å². The van der Waals surface area contributed by atoms with Crippen molar-refractivity contribution in [2.45, 2.75) is 39.1 Å². The van der Waals surface area contributed by atoms with Gasteiger partial charge < -0.3 is 4.74 Å². The zero-order valence-electron chi connectivity index (χ0n) is 11.5. The Morgan fingerprint density at radius 3 is 2.10 bits per heavy atom. The van der Waals surface area contributed by atoms with Crippen LogP contribution in [0.4, 0.5) is 18.0 Å². The van der Waals surface area contributed by atoms with Gasteiger partial charge in [-0.2, -0.15) is 13.2 Å². The molecule has 0 radical (unpaired) electrons. The number of carbonyl (C=O) groups is 1. The van der Waals surface area contributed by atoms with Gasteiger partial charge in [0.2, 0.25) is 0 Å². The largest absolute Gasteiger partial charge is 0.443 e. The molecule has 1 rings (SSSR count). The molecule has 0 saturated carbocycles. The number of halogens is 3. The van der Waals surface area contributed by atoms with Crippen LogP contribution in [0.2, 0.25) is 0 Å². The molecule has 0 atom stereocenters. The summed E-state index contributed by atoms with van der Waals surface area (Å²) in [5, 5.41) is 0.813. The Bertz CT molecular complexity index is 464. The van der Waals surface area contributed by atoms with Crippen molar-refractivity contribution in [3.63, 3.8) is 0 Å². The molecule has 0 aliphatic carbocycles. The van der Waals surface area contributed by atoms with Crippen molar-refractivity contribution in [3.05, 3.63) is 35.4 Å². The molecule has 7 heteroatoms. The molecule has 4 nitrogen and oxygen atoms in total. The highest BCUT2D eigenvalue weighted by molar-refractivity contribution is 5.67. The second-order valence-electron chi connectivity index (χ2n) is 5.30. The number of amides is 1. The summed E-state index contributed by atoms with van der Waals surface area (Å²) in [6.07, 6.45) is -5.12. The van der Waals surface area contributed by atoms with Crippen LogP contribution in [0.5, 0.6) is 0 Å². The van der Waals surface area contributed by atoms with Gasteiger partial charge in [-0.3, -0.25) is 0 Å². The number of hydrogen-bond donors (Lipinski definition) is 1. The molecule has 1 aromatic rings. The smallest absolute Gasteiger partial charge is 0.424 e. The summed E-state index contributed by atoms with van der Waals surface area (Å²) >= 11 is 0. The maximum Gasteiger partial charge on any atom is 0.424 e. The highest BCUT2D eigenvalue weighted by atomic mass is 19.4. The van der Waals surface area contributed by atoms with Crippen molar-refractivity contribution in [2.75, 3.05) is 0 Å². The molecule has 0 aliphatic heterocycles. The van der Waals surface area contributed by atoms with Gasteiger partial charge in [0.1, 0.15) is 5.60 Å².